The number of aliphatic hydroxyl groups excluding tert-OH is 1. The second-order valence-corrected chi connectivity index (χ2v) is 9.72. The highest BCUT2D eigenvalue weighted by molar-refractivity contribution is 7.90. The third kappa shape index (κ3) is 3.83. The van der Waals surface area contributed by atoms with E-state index in [1.807, 2.05) is 0 Å². The molecule has 0 unspecified atom stereocenters. The molecule has 0 spiro atoms. The van der Waals surface area contributed by atoms with Crippen molar-refractivity contribution in [2.75, 3.05) is 5.32 Å². The second-order valence-electron chi connectivity index (χ2n) is 7.25. The van der Waals surface area contributed by atoms with E-state index in [1.54, 1.807) is 0 Å². The van der Waals surface area contributed by atoms with Gasteiger partial charge in [0.25, 0.3) is 0 Å². The summed E-state index contributed by atoms with van der Waals surface area (Å²) in [5, 5.41) is 12.5. The zero-order valence-corrected chi connectivity index (χ0v) is 16.3. The fourth-order valence-corrected chi connectivity index (χ4v) is 5.28. The van der Waals surface area contributed by atoms with Crippen molar-refractivity contribution in [3.8, 4) is 11.4 Å². The highest BCUT2D eigenvalue weighted by atomic mass is 35.5. The third-order valence-electron chi connectivity index (χ3n) is 5.10. The quantitative estimate of drug-likeness (QED) is 0.728. The molecule has 6 nitrogen and oxygen atoms in total. The number of nitrogens with zero attached hydrogens (tertiary/aromatic N) is 2. The Kier molecular flexibility index (Phi) is 5.01. The van der Waals surface area contributed by atoms with Crippen LogP contribution in [0.2, 0.25) is 5.02 Å². The molecular weight excluding hydrogens is 412 g/mol. The maximum Gasteiger partial charge on any atom is 0.164 e. The number of hydrogen-bond donors (Lipinski definition) is 2. The number of sulfone groups is 1. The number of aromatic nitrogens is 2. The minimum Gasteiger partial charge on any atom is -0.393 e. The Morgan fingerprint density at radius 1 is 1.07 bits per heavy atom. The van der Waals surface area contributed by atoms with Crippen LogP contribution < -0.4 is 5.32 Å². The van der Waals surface area contributed by atoms with E-state index in [4.69, 9.17) is 11.6 Å². The van der Waals surface area contributed by atoms with Crippen molar-refractivity contribution in [1.82, 2.24) is 9.97 Å². The molecule has 0 radical (unpaired) electrons. The number of hydrogen-bond acceptors (Lipinski definition) is 6. The van der Waals surface area contributed by atoms with E-state index >= 15 is 0 Å². The maximum absolute atomic E-state index is 14.4. The molecule has 2 aliphatic rings. The van der Waals surface area contributed by atoms with E-state index in [-0.39, 0.29) is 45.8 Å². The lowest BCUT2D eigenvalue weighted by molar-refractivity contribution is 0.126. The SMILES string of the molecule is O=S1(=O)Cc2nc(-c3cc(F)c(Cl)cc3F)nc(N[C@H]3CC[C@H](O)CC3)c2C1. The molecule has 28 heavy (non-hydrogen) atoms. The van der Waals surface area contributed by atoms with E-state index in [1.165, 1.54) is 0 Å². The van der Waals surface area contributed by atoms with Crippen LogP contribution in [0.3, 0.4) is 0 Å². The van der Waals surface area contributed by atoms with Gasteiger partial charge in [-0.15, -0.1) is 0 Å². The minimum absolute atomic E-state index is 0.00496. The molecule has 10 heteroatoms. The van der Waals surface area contributed by atoms with E-state index in [0.29, 0.717) is 37.1 Å². The lowest BCUT2D eigenvalue weighted by Crippen LogP contribution is -2.29. The summed E-state index contributed by atoms with van der Waals surface area (Å²) < 4.78 is 52.4. The second kappa shape index (κ2) is 7.20. The van der Waals surface area contributed by atoms with Crippen molar-refractivity contribution in [1.29, 1.82) is 0 Å². The molecule has 0 bridgehead atoms. The summed E-state index contributed by atoms with van der Waals surface area (Å²) in [4.78, 5) is 8.52. The lowest BCUT2D eigenvalue weighted by Gasteiger charge is -2.27. The van der Waals surface area contributed by atoms with Crippen molar-refractivity contribution in [2.45, 2.75) is 49.3 Å². The van der Waals surface area contributed by atoms with E-state index < -0.39 is 21.5 Å². The summed E-state index contributed by atoms with van der Waals surface area (Å²) in [5.74, 6) is -1.85. The van der Waals surface area contributed by atoms with Gasteiger partial charge in [-0.05, 0) is 37.8 Å². The molecular formula is C18H18ClF2N3O3S. The van der Waals surface area contributed by atoms with Gasteiger partial charge in [-0.1, -0.05) is 11.6 Å². The van der Waals surface area contributed by atoms with Crippen LogP contribution in [-0.2, 0) is 21.3 Å². The standard InChI is InChI=1S/C18H18ClF2N3O3S/c19-13-6-14(20)11(5-15(13)21)17-23-16-8-28(26,27)7-12(16)18(24-17)22-9-1-3-10(25)4-2-9/h5-6,9-10,25H,1-4,7-8H2,(H,22,23,24)/t9-,10-. The van der Waals surface area contributed by atoms with Crippen molar-refractivity contribution >= 4 is 27.3 Å². The molecule has 0 atom stereocenters. The van der Waals surface area contributed by atoms with E-state index in [9.17, 15) is 22.3 Å². The monoisotopic (exact) mass is 429 g/mol. The average molecular weight is 430 g/mol. The summed E-state index contributed by atoms with van der Waals surface area (Å²) in [6.07, 6.45) is 2.33. The largest absolute Gasteiger partial charge is 0.393 e. The molecule has 2 heterocycles. The lowest BCUT2D eigenvalue weighted by atomic mass is 9.93. The smallest absolute Gasteiger partial charge is 0.164 e. The highest BCUT2D eigenvalue weighted by Gasteiger charge is 2.32. The fourth-order valence-electron chi connectivity index (χ4n) is 3.63. The Morgan fingerprint density at radius 3 is 2.50 bits per heavy atom. The number of aliphatic hydroxyl groups is 1. The summed E-state index contributed by atoms with van der Waals surface area (Å²) in [6.45, 7) is 0. The van der Waals surface area contributed by atoms with Crippen LogP contribution in [0.15, 0.2) is 12.1 Å². The molecule has 1 aliphatic carbocycles. The van der Waals surface area contributed by atoms with Crippen LogP contribution in [0, 0.1) is 11.6 Å². The van der Waals surface area contributed by atoms with Crippen LogP contribution in [0.25, 0.3) is 11.4 Å². The van der Waals surface area contributed by atoms with Crippen LogP contribution in [-0.4, -0.2) is 35.6 Å². The Morgan fingerprint density at radius 2 is 1.79 bits per heavy atom. The van der Waals surface area contributed by atoms with Crippen LogP contribution in [0.1, 0.15) is 36.9 Å². The van der Waals surface area contributed by atoms with Crippen LogP contribution >= 0.6 is 11.6 Å². The molecule has 2 N–H and O–H groups in total. The predicted octanol–water partition coefficient (Wildman–Crippen LogP) is 3.22. The molecule has 150 valence electrons. The summed E-state index contributed by atoms with van der Waals surface area (Å²) in [6, 6.07) is 1.75. The first kappa shape index (κ1) is 19.5. The third-order valence-corrected chi connectivity index (χ3v) is 6.83. The number of fused-ring (bicyclic) bond motifs is 1. The summed E-state index contributed by atoms with van der Waals surface area (Å²) in [5.41, 5.74) is 0.568. The Labute approximate surface area is 165 Å². The van der Waals surface area contributed by atoms with Crippen molar-refractivity contribution in [2.24, 2.45) is 0 Å². The zero-order chi connectivity index (χ0) is 20.1. The van der Waals surface area contributed by atoms with Gasteiger partial charge in [0.2, 0.25) is 0 Å². The first-order valence-corrected chi connectivity index (χ1v) is 11.1. The van der Waals surface area contributed by atoms with Gasteiger partial charge in [-0.25, -0.2) is 27.2 Å². The first-order valence-electron chi connectivity index (χ1n) is 8.91. The van der Waals surface area contributed by atoms with Gasteiger partial charge in [0, 0.05) is 11.6 Å². The van der Waals surface area contributed by atoms with Crippen molar-refractivity contribution < 1.29 is 22.3 Å². The van der Waals surface area contributed by atoms with E-state index in [0.717, 1.165) is 12.1 Å². The molecule has 4 rings (SSSR count). The number of nitrogens with one attached hydrogen (secondary N) is 1. The number of anilines is 1. The maximum atomic E-state index is 14.4. The van der Waals surface area contributed by atoms with E-state index in [2.05, 4.69) is 15.3 Å². The van der Waals surface area contributed by atoms with Gasteiger partial charge in [0.15, 0.2) is 15.7 Å². The summed E-state index contributed by atoms with van der Waals surface area (Å²) in [7, 11) is -3.37. The average Bonchev–Trinajstić information content (AvgIpc) is 2.94. The Bertz CT molecular complexity index is 1040. The van der Waals surface area contributed by atoms with Crippen molar-refractivity contribution in [3.63, 3.8) is 0 Å². The van der Waals surface area contributed by atoms with Gasteiger partial charge in [-0.3, -0.25) is 0 Å². The number of rotatable bonds is 3. The molecule has 2 aromatic rings. The van der Waals surface area contributed by atoms with Gasteiger partial charge in [-0.2, -0.15) is 0 Å². The van der Waals surface area contributed by atoms with Gasteiger partial charge < -0.3 is 10.4 Å². The number of halogens is 3. The Hall–Kier alpha value is -1.84. The number of benzene rings is 1. The molecule has 1 saturated carbocycles. The highest BCUT2D eigenvalue weighted by Crippen LogP contribution is 2.34. The Balaban J connectivity index is 1.76. The van der Waals surface area contributed by atoms with Crippen LogP contribution in [0.4, 0.5) is 14.6 Å². The normalized spacial score (nSPS) is 23.4. The summed E-state index contributed by atoms with van der Waals surface area (Å²) >= 11 is 5.61. The molecule has 1 aliphatic heterocycles. The van der Waals surface area contributed by atoms with Crippen LogP contribution in [0.5, 0.6) is 0 Å². The van der Waals surface area contributed by atoms with Gasteiger partial charge >= 0.3 is 0 Å². The molecule has 1 fully saturated rings. The topological polar surface area (TPSA) is 92.2 Å². The zero-order valence-electron chi connectivity index (χ0n) is 14.8. The first-order chi connectivity index (χ1) is 13.2. The molecule has 0 amide bonds. The predicted molar refractivity (Wildman–Crippen MR) is 101 cm³/mol. The fraction of sp³-hybridized carbons (Fsp3) is 0.444. The minimum atomic E-state index is -3.37. The molecule has 1 aromatic carbocycles. The molecule has 0 saturated heterocycles. The van der Waals surface area contributed by atoms with Gasteiger partial charge in [0.05, 0.1) is 33.9 Å². The van der Waals surface area contributed by atoms with Crippen molar-refractivity contribution in [3.05, 3.63) is 40.0 Å². The molecule has 1 aromatic heterocycles. The van der Waals surface area contributed by atoms with Gasteiger partial charge in [0.1, 0.15) is 17.5 Å².